The van der Waals surface area contributed by atoms with Crippen LogP contribution in [0.15, 0.2) is 42.5 Å². The van der Waals surface area contributed by atoms with Crippen molar-refractivity contribution >= 4 is 11.8 Å². The van der Waals surface area contributed by atoms with Crippen LogP contribution in [0.5, 0.6) is 11.5 Å². The molecule has 0 saturated carbocycles. The molecule has 1 saturated heterocycles. The summed E-state index contributed by atoms with van der Waals surface area (Å²) in [6.07, 6.45) is 0.817. The van der Waals surface area contributed by atoms with Crippen molar-refractivity contribution in [3.05, 3.63) is 59.2 Å². The third-order valence-corrected chi connectivity index (χ3v) is 5.67. The summed E-state index contributed by atoms with van der Waals surface area (Å²) < 4.78 is 10.5. The SMILES string of the molecule is COc1ccc(C(=O)N2CCN(C(=O)C3Cc4ccccc43)CC2)c(OC)c1. The molecule has 1 heterocycles. The van der Waals surface area contributed by atoms with E-state index in [1.807, 2.05) is 23.1 Å². The summed E-state index contributed by atoms with van der Waals surface area (Å²) in [5, 5.41) is 0. The van der Waals surface area contributed by atoms with Gasteiger partial charge in [0.15, 0.2) is 0 Å². The number of ether oxygens (including phenoxy) is 2. The number of carbonyl (C=O) groups excluding carboxylic acids is 2. The summed E-state index contributed by atoms with van der Waals surface area (Å²) >= 11 is 0. The van der Waals surface area contributed by atoms with E-state index in [1.54, 1.807) is 37.3 Å². The molecule has 1 atom stereocenters. The molecule has 28 heavy (non-hydrogen) atoms. The molecular formula is C22H24N2O4. The summed E-state index contributed by atoms with van der Waals surface area (Å²) in [6, 6.07) is 13.3. The summed E-state index contributed by atoms with van der Waals surface area (Å²) in [6.45, 7) is 2.16. The molecule has 0 aromatic heterocycles. The van der Waals surface area contributed by atoms with Gasteiger partial charge in [0.1, 0.15) is 11.5 Å². The third kappa shape index (κ3) is 3.19. The van der Waals surface area contributed by atoms with Crippen molar-refractivity contribution in [2.45, 2.75) is 12.3 Å². The highest BCUT2D eigenvalue weighted by Gasteiger charge is 2.36. The van der Waals surface area contributed by atoms with E-state index in [2.05, 4.69) is 6.07 Å². The highest BCUT2D eigenvalue weighted by molar-refractivity contribution is 5.97. The maximum Gasteiger partial charge on any atom is 0.257 e. The summed E-state index contributed by atoms with van der Waals surface area (Å²) in [5.74, 6) is 1.20. The Kier molecular flexibility index (Phi) is 4.94. The Labute approximate surface area is 164 Å². The van der Waals surface area contributed by atoms with Crippen LogP contribution < -0.4 is 9.47 Å². The lowest BCUT2D eigenvalue weighted by Crippen LogP contribution is -2.52. The van der Waals surface area contributed by atoms with Crippen LogP contribution in [-0.4, -0.2) is 62.0 Å². The van der Waals surface area contributed by atoms with E-state index in [0.29, 0.717) is 43.2 Å². The van der Waals surface area contributed by atoms with Crippen molar-refractivity contribution in [2.24, 2.45) is 0 Å². The molecule has 2 amide bonds. The average molecular weight is 380 g/mol. The first-order valence-electron chi connectivity index (χ1n) is 9.50. The van der Waals surface area contributed by atoms with Gasteiger partial charge in [-0.15, -0.1) is 0 Å². The Balaban J connectivity index is 1.39. The van der Waals surface area contributed by atoms with E-state index in [1.165, 1.54) is 5.56 Å². The van der Waals surface area contributed by atoms with Crippen LogP contribution >= 0.6 is 0 Å². The van der Waals surface area contributed by atoms with Crippen LogP contribution in [0.25, 0.3) is 0 Å². The van der Waals surface area contributed by atoms with E-state index in [-0.39, 0.29) is 17.7 Å². The van der Waals surface area contributed by atoms with Gasteiger partial charge in [-0.25, -0.2) is 0 Å². The molecule has 146 valence electrons. The van der Waals surface area contributed by atoms with E-state index in [4.69, 9.17) is 9.47 Å². The third-order valence-electron chi connectivity index (χ3n) is 5.67. The Bertz CT molecular complexity index is 903. The van der Waals surface area contributed by atoms with Crippen molar-refractivity contribution in [2.75, 3.05) is 40.4 Å². The topological polar surface area (TPSA) is 59.1 Å². The van der Waals surface area contributed by atoms with E-state index in [9.17, 15) is 9.59 Å². The van der Waals surface area contributed by atoms with Crippen LogP contribution in [0.2, 0.25) is 0 Å². The molecule has 2 aromatic carbocycles. The fourth-order valence-electron chi connectivity index (χ4n) is 3.98. The smallest absolute Gasteiger partial charge is 0.257 e. The lowest BCUT2D eigenvalue weighted by atomic mass is 9.77. The van der Waals surface area contributed by atoms with Crippen LogP contribution in [-0.2, 0) is 11.2 Å². The van der Waals surface area contributed by atoms with Crippen LogP contribution in [0.1, 0.15) is 27.4 Å². The van der Waals surface area contributed by atoms with Gasteiger partial charge in [0.2, 0.25) is 5.91 Å². The number of piperazine rings is 1. The number of methoxy groups -OCH3 is 2. The molecule has 0 spiro atoms. The lowest BCUT2D eigenvalue weighted by Gasteiger charge is -2.39. The zero-order valence-electron chi connectivity index (χ0n) is 16.2. The van der Waals surface area contributed by atoms with Gasteiger partial charge in [-0.05, 0) is 29.7 Å². The lowest BCUT2D eigenvalue weighted by molar-refractivity contribution is -0.134. The predicted molar refractivity (Wildman–Crippen MR) is 105 cm³/mol. The number of fused-ring (bicyclic) bond motifs is 1. The Morgan fingerprint density at radius 3 is 2.32 bits per heavy atom. The van der Waals surface area contributed by atoms with Crippen LogP contribution in [0.4, 0.5) is 0 Å². The molecule has 1 fully saturated rings. The Hall–Kier alpha value is -3.02. The van der Waals surface area contributed by atoms with E-state index < -0.39 is 0 Å². The number of nitrogens with zero attached hydrogens (tertiary/aromatic N) is 2. The first-order chi connectivity index (χ1) is 13.6. The molecule has 0 radical (unpaired) electrons. The van der Waals surface area contributed by atoms with Crippen molar-refractivity contribution in [3.8, 4) is 11.5 Å². The monoisotopic (exact) mass is 380 g/mol. The van der Waals surface area contributed by atoms with Crippen LogP contribution in [0.3, 0.4) is 0 Å². The number of hydrogen-bond donors (Lipinski definition) is 0. The molecule has 6 heteroatoms. The first kappa shape index (κ1) is 18.3. The zero-order chi connectivity index (χ0) is 19.7. The van der Waals surface area contributed by atoms with Gasteiger partial charge in [-0.3, -0.25) is 9.59 Å². The van der Waals surface area contributed by atoms with Gasteiger partial charge in [0.25, 0.3) is 5.91 Å². The van der Waals surface area contributed by atoms with Gasteiger partial charge >= 0.3 is 0 Å². The second kappa shape index (κ2) is 7.54. The number of amides is 2. The van der Waals surface area contributed by atoms with Gasteiger partial charge < -0.3 is 19.3 Å². The highest BCUT2D eigenvalue weighted by atomic mass is 16.5. The maximum absolute atomic E-state index is 12.9. The second-order valence-electron chi connectivity index (χ2n) is 7.14. The van der Waals surface area contributed by atoms with Crippen LogP contribution in [0, 0.1) is 0 Å². The molecule has 1 aliphatic heterocycles. The molecule has 0 N–H and O–H groups in total. The second-order valence-corrected chi connectivity index (χ2v) is 7.14. The standard InChI is InChI=1S/C22H24N2O4/c1-27-16-7-8-18(20(14-16)28-2)21(25)23-9-11-24(12-10-23)22(26)19-13-15-5-3-4-6-17(15)19/h3-8,14,19H,9-13H2,1-2H3. The minimum Gasteiger partial charge on any atom is -0.497 e. The highest BCUT2D eigenvalue weighted by Crippen LogP contribution is 2.36. The minimum atomic E-state index is -0.0828. The Morgan fingerprint density at radius 1 is 0.929 bits per heavy atom. The molecular weight excluding hydrogens is 356 g/mol. The number of carbonyl (C=O) groups is 2. The number of rotatable bonds is 4. The normalized spacial score (nSPS) is 18.1. The fourth-order valence-corrected chi connectivity index (χ4v) is 3.98. The fraction of sp³-hybridized carbons (Fsp3) is 0.364. The first-order valence-corrected chi connectivity index (χ1v) is 9.50. The van der Waals surface area contributed by atoms with E-state index in [0.717, 1.165) is 12.0 Å². The van der Waals surface area contributed by atoms with Crippen molar-refractivity contribution in [1.82, 2.24) is 9.80 Å². The van der Waals surface area contributed by atoms with Gasteiger partial charge in [-0.1, -0.05) is 24.3 Å². The molecule has 6 nitrogen and oxygen atoms in total. The molecule has 2 aliphatic rings. The summed E-state index contributed by atoms with van der Waals surface area (Å²) in [5.41, 5.74) is 2.92. The predicted octanol–water partition coefficient (Wildman–Crippen LogP) is 2.33. The minimum absolute atomic E-state index is 0.0277. The summed E-state index contributed by atoms with van der Waals surface area (Å²) in [4.78, 5) is 29.4. The number of hydrogen-bond acceptors (Lipinski definition) is 4. The summed E-state index contributed by atoms with van der Waals surface area (Å²) in [7, 11) is 3.12. The number of benzene rings is 2. The molecule has 1 unspecified atom stereocenters. The maximum atomic E-state index is 12.9. The largest absolute Gasteiger partial charge is 0.497 e. The molecule has 4 rings (SSSR count). The van der Waals surface area contributed by atoms with E-state index >= 15 is 0 Å². The molecule has 1 aliphatic carbocycles. The molecule has 0 bridgehead atoms. The van der Waals surface area contributed by atoms with Gasteiger partial charge in [-0.2, -0.15) is 0 Å². The molecule has 2 aromatic rings. The van der Waals surface area contributed by atoms with Gasteiger partial charge in [0.05, 0.1) is 25.7 Å². The average Bonchev–Trinajstić information content (AvgIpc) is 2.73. The van der Waals surface area contributed by atoms with Crippen molar-refractivity contribution in [3.63, 3.8) is 0 Å². The zero-order valence-corrected chi connectivity index (χ0v) is 16.2. The van der Waals surface area contributed by atoms with Crippen molar-refractivity contribution < 1.29 is 19.1 Å². The Morgan fingerprint density at radius 2 is 1.64 bits per heavy atom. The quantitative estimate of drug-likeness (QED) is 0.817. The van der Waals surface area contributed by atoms with Gasteiger partial charge in [0, 0.05) is 32.2 Å². The van der Waals surface area contributed by atoms with Crippen molar-refractivity contribution in [1.29, 1.82) is 0 Å².